The van der Waals surface area contributed by atoms with Gasteiger partial charge in [-0.3, -0.25) is 0 Å². The number of nitrogens with zero attached hydrogens (tertiary/aromatic N) is 4. The second-order valence-corrected chi connectivity index (χ2v) is 8.47. The van der Waals surface area contributed by atoms with Crippen molar-refractivity contribution in [2.75, 3.05) is 7.11 Å². The van der Waals surface area contributed by atoms with E-state index in [9.17, 15) is 15.3 Å². The Morgan fingerprint density at radius 2 is 1.22 bits per heavy atom. The summed E-state index contributed by atoms with van der Waals surface area (Å²) in [6, 6.07) is 23.1. The van der Waals surface area contributed by atoms with Crippen LogP contribution < -0.4 is 14.9 Å². The molecule has 0 aliphatic carbocycles. The van der Waals surface area contributed by atoms with Crippen LogP contribution in [0.5, 0.6) is 23.3 Å². The van der Waals surface area contributed by atoms with Gasteiger partial charge in [0.2, 0.25) is 0 Å². The topological polar surface area (TPSA) is 111 Å². The summed E-state index contributed by atoms with van der Waals surface area (Å²) in [6.45, 7) is 3.50. The van der Waals surface area contributed by atoms with E-state index in [1.807, 2.05) is 36.4 Å². The fourth-order valence-corrected chi connectivity index (χ4v) is 4.54. The SMILES string of the molecule is COc1cc(C(c2c(C)nn(-c3ccccc3)c2[O-])c2c(C)nn(-c3ccccc3)c2[O-])ccc1O. The summed E-state index contributed by atoms with van der Waals surface area (Å²) in [5.74, 6) is -1.25. The number of hydrogen-bond donors (Lipinski definition) is 1. The van der Waals surface area contributed by atoms with E-state index in [0.29, 0.717) is 39.5 Å². The molecular weight excluding hydrogens is 456 g/mol. The maximum Gasteiger partial charge on any atom is 0.160 e. The highest BCUT2D eigenvalue weighted by molar-refractivity contribution is 5.57. The Balaban J connectivity index is 1.77. The summed E-state index contributed by atoms with van der Waals surface area (Å²) < 4.78 is 8.02. The van der Waals surface area contributed by atoms with E-state index in [-0.39, 0.29) is 23.3 Å². The summed E-state index contributed by atoms with van der Waals surface area (Å²) in [6.07, 6.45) is 0. The molecule has 0 amide bonds. The third kappa shape index (κ3) is 3.82. The number of hydrogen-bond acceptors (Lipinski definition) is 6. The van der Waals surface area contributed by atoms with Crippen LogP contribution in [0.2, 0.25) is 0 Å². The van der Waals surface area contributed by atoms with Gasteiger partial charge in [-0.1, -0.05) is 42.5 Å². The summed E-state index contributed by atoms with van der Waals surface area (Å²) in [7, 11) is 1.45. The average molecular weight is 481 g/mol. The normalized spacial score (nSPS) is 11.2. The minimum Gasteiger partial charge on any atom is -0.858 e. The molecule has 3 aromatic carbocycles. The van der Waals surface area contributed by atoms with E-state index in [4.69, 9.17) is 4.74 Å². The third-order valence-electron chi connectivity index (χ3n) is 6.24. The standard InChI is InChI=1S/C28H26N4O4/c1-17-24(27(34)31(29-17)20-10-6-4-7-11-20)26(19-14-15-22(33)23(16-19)36-3)25-18(2)30-32(28(25)35)21-12-8-5-9-13-21/h4-16,26,33-35H,1-3H3/p-2. The average Bonchev–Trinajstić information content (AvgIpc) is 3.36. The number of rotatable bonds is 6. The lowest BCUT2D eigenvalue weighted by Crippen LogP contribution is -2.13. The van der Waals surface area contributed by atoms with Gasteiger partial charge in [-0.2, -0.15) is 10.2 Å². The lowest BCUT2D eigenvalue weighted by molar-refractivity contribution is -0.280. The number of phenols is 1. The van der Waals surface area contributed by atoms with E-state index in [2.05, 4.69) is 10.2 Å². The van der Waals surface area contributed by atoms with Crippen LogP contribution >= 0.6 is 0 Å². The van der Waals surface area contributed by atoms with Gasteiger partial charge in [-0.05, 0) is 78.7 Å². The molecule has 0 spiro atoms. The minimum absolute atomic E-state index is 0.0434. The lowest BCUT2D eigenvalue weighted by atomic mass is 9.84. The first kappa shape index (κ1) is 23.0. The van der Waals surface area contributed by atoms with Crippen molar-refractivity contribution in [2.45, 2.75) is 19.8 Å². The van der Waals surface area contributed by atoms with Crippen molar-refractivity contribution < 1.29 is 20.1 Å². The molecule has 2 aromatic heterocycles. The number of para-hydroxylation sites is 2. The molecule has 8 heteroatoms. The van der Waals surface area contributed by atoms with E-state index < -0.39 is 5.92 Å². The highest BCUT2D eigenvalue weighted by Crippen LogP contribution is 2.44. The summed E-state index contributed by atoms with van der Waals surface area (Å²) in [5.41, 5.74) is 3.55. The van der Waals surface area contributed by atoms with E-state index in [0.717, 1.165) is 0 Å². The number of benzene rings is 3. The molecule has 0 saturated heterocycles. The molecule has 1 N–H and O–H groups in total. The smallest absolute Gasteiger partial charge is 0.160 e. The number of aryl methyl sites for hydroxylation is 2. The van der Waals surface area contributed by atoms with Gasteiger partial charge in [0.1, 0.15) is 0 Å². The van der Waals surface area contributed by atoms with Crippen molar-refractivity contribution in [3.05, 3.63) is 107 Å². The Bertz CT molecular complexity index is 1430. The predicted molar refractivity (Wildman–Crippen MR) is 131 cm³/mol. The maximum absolute atomic E-state index is 13.8. The quantitative estimate of drug-likeness (QED) is 0.397. The first-order chi connectivity index (χ1) is 17.4. The number of ether oxygens (including phenoxy) is 1. The Kier molecular flexibility index (Phi) is 5.85. The van der Waals surface area contributed by atoms with Gasteiger partial charge < -0.3 is 20.1 Å². The van der Waals surface area contributed by atoms with Crippen molar-refractivity contribution >= 4 is 0 Å². The van der Waals surface area contributed by atoms with Crippen LogP contribution in [-0.2, 0) is 0 Å². The third-order valence-corrected chi connectivity index (χ3v) is 6.24. The minimum atomic E-state index is -0.783. The number of phenolic OH excluding ortho intramolecular Hbond substituents is 1. The molecule has 0 radical (unpaired) electrons. The number of methoxy groups -OCH3 is 1. The van der Waals surface area contributed by atoms with E-state index >= 15 is 0 Å². The second-order valence-electron chi connectivity index (χ2n) is 8.47. The zero-order valence-corrected chi connectivity index (χ0v) is 20.0. The Morgan fingerprint density at radius 1 is 0.750 bits per heavy atom. The molecule has 5 rings (SSSR count). The fourth-order valence-electron chi connectivity index (χ4n) is 4.54. The first-order valence-electron chi connectivity index (χ1n) is 11.4. The largest absolute Gasteiger partial charge is 0.858 e. The second kappa shape index (κ2) is 9.14. The van der Waals surface area contributed by atoms with Crippen molar-refractivity contribution in [1.82, 2.24) is 19.6 Å². The molecule has 0 saturated carbocycles. The first-order valence-corrected chi connectivity index (χ1v) is 11.4. The zero-order chi connectivity index (χ0) is 25.4. The van der Waals surface area contributed by atoms with Gasteiger partial charge in [0, 0.05) is 5.92 Å². The van der Waals surface area contributed by atoms with Crippen LogP contribution in [0.15, 0.2) is 78.9 Å². The Labute approximate surface area is 208 Å². The van der Waals surface area contributed by atoms with Crippen molar-refractivity contribution in [2.24, 2.45) is 0 Å². The van der Waals surface area contributed by atoms with Crippen LogP contribution in [0.3, 0.4) is 0 Å². The van der Waals surface area contributed by atoms with Crippen LogP contribution in [-0.4, -0.2) is 31.8 Å². The van der Waals surface area contributed by atoms with Crippen LogP contribution in [0, 0.1) is 13.8 Å². The monoisotopic (exact) mass is 480 g/mol. The molecule has 0 fully saturated rings. The molecule has 2 heterocycles. The molecule has 5 aromatic rings. The lowest BCUT2D eigenvalue weighted by Gasteiger charge is -2.25. The number of aromatic nitrogens is 4. The summed E-state index contributed by atoms with van der Waals surface area (Å²) >= 11 is 0. The van der Waals surface area contributed by atoms with Gasteiger partial charge in [-0.15, -0.1) is 0 Å². The van der Waals surface area contributed by atoms with Gasteiger partial charge in [0.05, 0.1) is 29.9 Å². The summed E-state index contributed by atoms with van der Waals surface area (Å²) in [4.78, 5) is 0. The Morgan fingerprint density at radius 3 is 1.67 bits per heavy atom. The molecule has 0 aliphatic heterocycles. The molecule has 0 aliphatic rings. The molecule has 8 nitrogen and oxygen atoms in total. The maximum atomic E-state index is 13.8. The van der Waals surface area contributed by atoms with Crippen molar-refractivity contribution in [1.29, 1.82) is 0 Å². The van der Waals surface area contributed by atoms with Gasteiger partial charge in [0.15, 0.2) is 11.5 Å². The fraction of sp³-hybridized carbons (Fsp3) is 0.143. The molecule has 36 heavy (non-hydrogen) atoms. The molecular formula is C28H24N4O4-2. The zero-order valence-electron chi connectivity index (χ0n) is 20.0. The molecule has 0 unspecified atom stereocenters. The van der Waals surface area contributed by atoms with Gasteiger partial charge in [0.25, 0.3) is 0 Å². The number of aromatic hydroxyl groups is 1. The predicted octanol–water partition coefficient (Wildman–Crippen LogP) is 3.72. The van der Waals surface area contributed by atoms with Crippen molar-refractivity contribution in [3.8, 4) is 34.6 Å². The van der Waals surface area contributed by atoms with Crippen LogP contribution in [0.4, 0.5) is 0 Å². The summed E-state index contributed by atoms with van der Waals surface area (Å²) in [5, 5.41) is 46.8. The van der Waals surface area contributed by atoms with E-state index in [1.54, 1.807) is 50.2 Å². The van der Waals surface area contributed by atoms with Gasteiger partial charge in [-0.25, -0.2) is 9.36 Å². The van der Waals surface area contributed by atoms with Gasteiger partial charge >= 0.3 is 0 Å². The highest BCUT2D eigenvalue weighted by Gasteiger charge is 2.28. The molecule has 0 atom stereocenters. The highest BCUT2D eigenvalue weighted by atomic mass is 16.5. The molecule has 0 bridgehead atoms. The molecule has 182 valence electrons. The van der Waals surface area contributed by atoms with Crippen LogP contribution in [0.25, 0.3) is 11.4 Å². The van der Waals surface area contributed by atoms with Crippen LogP contribution in [0.1, 0.15) is 34.0 Å². The van der Waals surface area contributed by atoms with E-state index in [1.165, 1.54) is 22.5 Å². The van der Waals surface area contributed by atoms with Crippen molar-refractivity contribution in [3.63, 3.8) is 0 Å². The Hall–Kier alpha value is -4.72.